The van der Waals surface area contributed by atoms with Gasteiger partial charge in [-0.25, -0.2) is 19.1 Å². The summed E-state index contributed by atoms with van der Waals surface area (Å²) in [5, 5.41) is 0. The van der Waals surface area contributed by atoms with Crippen molar-refractivity contribution in [3.8, 4) is 0 Å². The fraction of sp³-hybridized carbons (Fsp3) is 0.800. The third kappa shape index (κ3) is 6.79. The number of carbonyl (C=O) groups is 2. The molecule has 0 aromatic rings. The van der Waals surface area contributed by atoms with E-state index in [-0.39, 0.29) is 13.2 Å². The van der Waals surface area contributed by atoms with Crippen LogP contribution in [-0.4, -0.2) is 30.3 Å². The molecule has 19 heavy (non-hydrogen) atoms. The molecule has 0 N–H and O–H groups in total. The van der Waals surface area contributed by atoms with Crippen molar-refractivity contribution < 1.29 is 38.0 Å². The highest BCUT2D eigenvalue weighted by Gasteiger charge is 2.45. The fourth-order valence-corrected chi connectivity index (χ4v) is 1.68. The molecule has 112 valence electrons. The minimum absolute atomic E-state index is 0.00106. The molecule has 0 aromatic heterocycles. The Morgan fingerprint density at radius 3 is 1.74 bits per heavy atom. The van der Waals surface area contributed by atoms with Crippen LogP contribution < -0.4 is 0 Å². The normalized spacial score (nSPS) is 12.3. The van der Waals surface area contributed by atoms with E-state index in [0.717, 1.165) is 0 Å². The predicted molar refractivity (Wildman–Crippen MR) is 63.9 cm³/mol. The smallest absolute Gasteiger partial charge is 0.454 e. The second kappa shape index (κ2) is 7.72. The SMILES string of the molecule is CCOOP(=O)(OOCC)C(=O)C(=O)OC(C)(C)C. The van der Waals surface area contributed by atoms with Gasteiger partial charge in [0, 0.05) is 0 Å². The van der Waals surface area contributed by atoms with Gasteiger partial charge in [-0.3, -0.25) is 4.79 Å². The number of hydrogen-bond acceptors (Lipinski definition) is 8. The third-order valence-corrected chi connectivity index (χ3v) is 2.64. The fourth-order valence-electron chi connectivity index (χ4n) is 0.758. The minimum atomic E-state index is -4.54. The summed E-state index contributed by atoms with van der Waals surface area (Å²) >= 11 is 0. The van der Waals surface area contributed by atoms with Crippen molar-refractivity contribution in [3.63, 3.8) is 0 Å². The van der Waals surface area contributed by atoms with Gasteiger partial charge in [0.25, 0.3) is 0 Å². The Labute approximate surface area is 111 Å². The monoisotopic (exact) mass is 298 g/mol. The van der Waals surface area contributed by atoms with E-state index in [4.69, 9.17) is 4.74 Å². The zero-order valence-corrected chi connectivity index (χ0v) is 12.5. The first kappa shape index (κ1) is 18.2. The van der Waals surface area contributed by atoms with Crippen LogP contribution in [0.1, 0.15) is 34.6 Å². The van der Waals surface area contributed by atoms with Crippen LogP contribution in [0.3, 0.4) is 0 Å². The molecule has 9 heteroatoms. The first-order chi connectivity index (χ1) is 8.66. The molecular formula is C10H19O8P. The van der Waals surface area contributed by atoms with Gasteiger partial charge in [-0.1, -0.05) is 0 Å². The first-order valence-electron chi connectivity index (χ1n) is 5.66. The summed E-state index contributed by atoms with van der Waals surface area (Å²) in [5.41, 5.74) is -2.42. The van der Waals surface area contributed by atoms with Crippen molar-refractivity contribution in [3.05, 3.63) is 0 Å². The maximum atomic E-state index is 12.0. The summed E-state index contributed by atoms with van der Waals surface area (Å²) in [5.74, 6) is -1.35. The molecule has 0 aliphatic rings. The van der Waals surface area contributed by atoms with Crippen LogP contribution in [-0.2, 0) is 38.0 Å². The van der Waals surface area contributed by atoms with Crippen molar-refractivity contribution in [1.82, 2.24) is 0 Å². The summed E-state index contributed by atoms with van der Waals surface area (Å²) in [6, 6.07) is 0. The molecule has 0 atom stereocenters. The zero-order chi connectivity index (χ0) is 15.1. The highest BCUT2D eigenvalue weighted by molar-refractivity contribution is 7.74. The van der Waals surface area contributed by atoms with E-state index in [1.807, 2.05) is 0 Å². The van der Waals surface area contributed by atoms with Gasteiger partial charge in [0.05, 0.1) is 13.2 Å². The van der Waals surface area contributed by atoms with Gasteiger partial charge in [0.2, 0.25) is 0 Å². The summed E-state index contributed by atoms with van der Waals surface area (Å²) in [6.07, 6.45) is 0. The quantitative estimate of drug-likeness (QED) is 0.220. The van der Waals surface area contributed by atoms with Crippen LogP contribution >= 0.6 is 7.60 Å². The van der Waals surface area contributed by atoms with Crippen LogP contribution in [0.15, 0.2) is 0 Å². The van der Waals surface area contributed by atoms with Gasteiger partial charge in [-0.15, -0.1) is 9.35 Å². The van der Waals surface area contributed by atoms with Crippen molar-refractivity contribution >= 4 is 19.1 Å². The number of rotatable bonds is 8. The number of carbonyl (C=O) groups excluding carboxylic acids is 2. The average Bonchev–Trinajstić information content (AvgIpc) is 2.30. The van der Waals surface area contributed by atoms with Crippen molar-refractivity contribution in [1.29, 1.82) is 0 Å². The van der Waals surface area contributed by atoms with Crippen molar-refractivity contribution in [2.45, 2.75) is 40.2 Å². The Hall–Kier alpha value is -0.790. The maximum absolute atomic E-state index is 12.0. The van der Waals surface area contributed by atoms with Crippen molar-refractivity contribution in [2.24, 2.45) is 0 Å². The lowest BCUT2D eigenvalue weighted by Crippen LogP contribution is -2.29. The van der Waals surface area contributed by atoms with E-state index in [2.05, 4.69) is 19.1 Å². The lowest BCUT2D eigenvalue weighted by Gasteiger charge is -2.20. The molecule has 0 bridgehead atoms. The largest absolute Gasteiger partial charge is 0.462 e. The summed E-state index contributed by atoms with van der Waals surface area (Å²) in [4.78, 5) is 32.0. The molecule has 0 rings (SSSR count). The molecule has 0 spiro atoms. The maximum Gasteiger partial charge on any atom is 0.462 e. The summed E-state index contributed by atoms with van der Waals surface area (Å²) < 4.78 is 25.5. The molecule has 0 saturated carbocycles. The predicted octanol–water partition coefficient (Wildman–Crippen LogP) is 1.98. The van der Waals surface area contributed by atoms with Gasteiger partial charge in [-0.2, -0.15) is 0 Å². The first-order valence-corrected chi connectivity index (χ1v) is 7.21. The zero-order valence-electron chi connectivity index (χ0n) is 11.6. The molecule has 8 nitrogen and oxygen atoms in total. The molecule has 0 aliphatic heterocycles. The molecular weight excluding hydrogens is 279 g/mol. The number of hydrogen-bond donors (Lipinski definition) is 0. The van der Waals surface area contributed by atoms with E-state index in [1.165, 1.54) is 13.8 Å². The Morgan fingerprint density at radius 2 is 1.42 bits per heavy atom. The Kier molecular flexibility index (Phi) is 7.39. The topological polar surface area (TPSA) is 97.4 Å². The third-order valence-electron chi connectivity index (χ3n) is 1.36. The summed E-state index contributed by atoms with van der Waals surface area (Å²) in [7, 11) is -4.54. The van der Waals surface area contributed by atoms with E-state index in [9.17, 15) is 14.2 Å². The van der Waals surface area contributed by atoms with E-state index in [1.54, 1.807) is 20.8 Å². The molecule has 0 heterocycles. The molecule has 0 aliphatic carbocycles. The van der Waals surface area contributed by atoms with E-state index < -0.39 is 24.7 Å². The Bertz CT molecular complexity index is 347. The van der Waals surface area contributed by atoms with Crippen LogP contribution in [0.2, 0.25) is 0 Å². The highest BCUT2D eigenvalue weighted by Crippen LogP contribution is 2.50. The van der Waals surface area contributed by atoms with Crippen LogP contribution in [0.4, 0.5) is 0 Å². The van der Waals surface area contributed by atoms with Crippen LogP contribution in [0.5, 0.6) is 0 Å². The standard InChI is InChI=1S/C10H19O8P/c1-6-14-17-19(13,18-15-7-2)9(12)8(11)16-10(3,4)5/h6-7H2,1-5H3. The van der Waals surface area contributed by atoms with Crippen molar-refractivity contribution in [2.75, 3.05) is 13.2 Å². The van der Waals surface area contributed by atoms with E-state index in [0.29, 0.717) is 0 Å². The molecule has 0 saturated heterocycles. The van der Waals surface area contributed by atoms with Gasteiger partial charge in [0.15, 0.2) is 0 Å². The van der Waals surface area contributed by atoms with Gasteiger partial charge < -0.3 is 4.74 Å². The van der Waals surface area contributed by atoms with Gasteiger partial charge in [0.1, 0.15) is 5.60 Å². The molecule has 0 unspecified atom stereocenters. The molecule has 0 radical (unpaired) electrons. The van der Waals surface area contributed by atoms with Crippen LogP contribution in [0.25, 0.3) is 0 Å². The van der Waals surface area contributed by atoms with E-state index >= 15 is 0 Å². The molecule has 0 fully saturated rings. The lowest BCUT2D eigenvalue weighted by atomic mass is 10.2. The minimum Gasteiger partial charge on any atom is -0.454 e. The number of ether oxygens (including phenoxy) is 1. The lowest BCUT2D eigenvalue weighted by molar-refractivity contribution is -0.262. The Morgan fingerprint density at radius 1 is 1.00 bits per heavy atom. The average molecular weight is 298 g/mol. The molecule has 0 aromatic carbocycles. The summed E-state index contributed by atoms with van der Waals surface area (Å²) in [6.45, 7) is 7.72. The number of esters is 1. The van der Waals surface area contributed by atoms with Gasteiger partial charge >= 0.3 is 19.1 Å². The van der Waals surface area contributed by atoms with Gasteiger partial charge in [-0.05, 0) is 34.6 Å². The van der Waals surface area contributed by atoms with Crippen LogP contribution in [0, 0.1) is 0 Å². The second-order valence-electron chi connectivity index (χ2n) is 4.27. The second-order valence-corrected chi connectivity index (χ2v) is 5.97. The molecule has 0 amide bonds. The highest BCUT2D eigenvalue weighted by atomic mass is 31.2. The Balaban J connectivity index is 4.89.